The number of rotatable bonds is 2. The van der Waals surface area contributed by atoms with Crippen molar-refractivity contribution in [3.05, 3.63) is 50.2 Å². The van der Waals surface area contributed by atoms with Crippen molar-refractivity contribution >= 4 is 49.8 Å². The van der Waals surface area contributed by atoms with Crippen molar-refractivity contribution in [3.63, 3.8) is 0 Å². The Bertz CT molecular complexity index is 674. The third-order valence-electron chi connectivity index (χ3n) is 2.54. The van der Waals surface area contributed by atoms with Gasteiger partial charge < -0.3 is 0 Å². The van der Waals surface area contributed by atoms with E-state index in [-0.39, 0.29) is 0 Å². The van der Waals surface area contributed by atoms with Gasteiger partial charge in [-0.25, -0.2) is 0 Å². The minimum Gasteiger partial charge on any atom is -0.260 e. The summed E-state index contributed by atoms with van der Waals surface area (Å²) in [5.41, 5.74) is 1.11. The second-order valence-corrected chi connectivity index (χ2v) is 6.70. The molecule has 2 heterocycles. The van der Waals surface area contributed by atoms with E-state index in [0.717, 1.165) is 26.3 Å². The second kappa shape index (κ2) is 4.44. The number of hydrogen-bond acceptors (Lipinski definition) is 2. The van der Waals surface area contributed by atoms with Crippen LogP contribution in [-0.2, 0) is 6.54 Å². The Labute approximate surface area is 116 Å². The van der Waals surface area contributed by atoms with Gasteiger partial charge in [0.05, 0.1) is 22.0 Å². The summed E-state index contributed by atoms with van der Waals surface area (Å²) in [6.45, 7) is 0.793. The summed E-state index contributed by atoms with van der Waals surface area (Å²) in [5, 5.41) is 6.21. The summed E-state index contributed by atoms with van der Waals surface area (Å²) in [6, 6.07) is 10.0. The normalized spacial score (nSPS) is 11.2. The van der Waals surface area contributed by atoms with E-state index in [1.54, 1.807) is 11.3 Å². The molecule has 17 heavy (non-hydrogen) atoms. The Hall–Kier alpha value is -0.840. The number of halogens is 2. The van der Waals surface area contributed by atoms with E-state index in [9.17, 15) is 0 Å². The average Bonchev–Trinajstić information content (AvgIpc) is 2.86. The van der Waals surface area contributed by atoms with Crippen LogP contribution in [0.4, 0.5) is 0 Å². The largest absolute Gasteiger partial charge is 0.260 e. The number of fused-ring (bicyclic) bond motifs is 1. The smallest absolute Gasteiger partial charge is 0.0759 e. The van der Waals surface area contributed by atoms with Crippen LogP contribution in [0.3, 0.4) is 0 Å². The van der Waals surface area contributed by atoms with Crippen LogP contribution >= 0.6 is 38.9 Å². The summed E-state index contributed by atoms with van der Waals surface area (Å²) in [6.07, 6.45) is 1.85. The second-order valence-electron chi connectivity index (χ2n) is 3.71. The van der Waals surface area contributed by atoms with Crippen LogP contribution in [0.5, 0.6) is 0 Å². The molecule has 0 spiro atoms. The van der Waals surface area contributed by atoms with Gasteiger partial charge in [-0.3, -0.25) is 4.68 Å². The van der Waals surface area contributed by atoms with E-state index in [1.165, 1.54) is 4.88 Å². The topological polar surface area (TPSA) is 17.8 Å². The van der Waals surface area contributed by atoms with Crippen LogP contribution in [0.25, 0.3) is 10.9 Å². The molecular formula is C12H8BrClN2S. The molecule has 3 rings (SSSR count). The van der Waals surface area contributed by atoms with E-state index >= 15 is 0 Å². The van der Waals surface area contributed by atoms with E-state index in [2.05, 4.69) is 33.2 Å². The molecule has 0 amide bonds. The van der Waals surface area contributed by atoms with Crippen LogP contribution < -0.4 is 0 Å². The SMILES string of the molecule is Clc1ccc2c(cnn2Cc2ccc(Br)s2)c1. The van der Waals surface area contributed by atoms with Gasteiger partial charge in [0, 0.05) is 15.3 Å². The summed E-state index contributed by atoms with van der Waals surface area (Å²) < 4.78 is 3.14. The van der Waals surface area contributed by atoms with Crippen LogP contribution in [0.15, 0.2) is 40.3 Å². The number of aromatic nitrogens is 2. The molecule has 0 aliphatic rings. The first-order valence-corrected chi connectivity index (χ1v) is 7.06. The molecule has 0 unspecified atom stereocenters. The monoisotopic (exact) mass is 326 g/mol. The molecule has 0 radical (unpaired) electrons. The molecule has 2 aromatic heterocycles. The van der Waals surface area contributed by atoms with Crippen molar-refractivity contribution in [1.82, 2.24) is 9.78 Å². The molecular weight excluding hydrogens is 320 g/mol. The molecule has 0 bridgehead atoms. The minimum atomic E-state index is 0.746. The van der Waals surface area contributed by atoms with Gasteiger partial charge in [-0.1, -0.05) is 11.6 Å². The first-order valence-electron chi connectivity index (χ1n) is 5.08. The molecule has 0 N–H and O–H groups in total. The Morgan fingerprint density at radius 3 is 2.94 bits per heavy atom. The molecule has 0 fully saturated rings. The number of thiophene rings is 1. The van der Waals surface area contributed by atoms with Gasteiger partial charge in [-0.2, -0.15) is 5.10 Å². The summed E-state index contributed by atoms with van der Waals surface area (Å²) in [5.74, 6) is 0. The molecule has 5 heteroatoms. The molecule has 1 aromatic carbocycles. The summed E-state index contributed by atoms with van der Waals surface area (Å²) in [7, 11) is 0. The lowest BCUT2D eigenvalue weighted by molar-refractivity contribution is 0.721. The van der Waals surface area contributed by atoms with Gasteiger partial charge in [0.15, 0.2) is 0 Å². The maximum Gasteiger partial charge on any atom is 0.0759 e. The number of nitrogens with zero attached hydrogens (tertiary/aromatic N) is 2. The van der Waals surface area contributed by atoms with E-state index < -0.39 is 0 Å². The standard InChI is InChI=1S/C12H8BrClN2S/c13-12-4-2-10(17-12)7-16-11-3-1-9(14)5-8(11)6-15-16/h1-6H,7H2. The third kappa shape index (κ3) is 2.25. The van der Waals surface area contributed by atoms with Crippen LogP contribution in [0, 0.1) is 0 Å². The highest BCUT2D eigenvalue weighted by Gasteiger charge is 2.05. The van der Waals surface area contributed by atoms with Gasteiger partial charge in [0.25, 0.3) is 0 Å². The van der Waals surface area contributed by atoms with Crippen LogP contribution in [0.1, 0.15) is 4.88 Å². The zero-order valence-corrected chi connectivity index (χ0v) is 11.9. The van der Waals surface area contributed by atoms with Crippen molar-refractivity contribution in [2.75, 3.05) is 0 Å². The van der Waals surface area contributed by atoms with Crippen molar-refractivity contribution < 1.29 is 0 Å². The predicted molar refractivity (Wildman–Crippen MR) is 75.9 cm³/mol. The Kier molecular flexibility index (Phi) is 2.94. The minimum absolute atomic E-state index is 0.746. The van der Waals surface area contributed by atoms with Crippen molar-refractivity contribution in [2.45, 2.75) is 6.54 Å². The molecule has 0 aliphatic carbocycles. The Morgan fingerprint density at radius 1 is 1.29 bits per heavy atom. The fourth-order valence-corrected chi connectivity index (χ4v) is 3.41. The maximum atomic E-state index is 5.95. The number of benzene rings is 1. The highest BCUT2D eigenvalue weighted by atomic mass is 79.9. The highest BCUT2D eigenvalue weighted by Crippen LogP contribution is 2.24. The maximum absolute atomic E-state index is 5.95. The molecule has 2 nitrogen and oxygen atoms in total. The zero-order valence-electron chi connectivity index (χ0n) is 8.73. The van der Waals surface area contributed by atoms with Crippen molar-refractivity contribution in [3.8, 4) is 0 Å². The zero-order chi connectivity index (χ0) is 11.8. The van der Waals surface area contributed by atoms with Crippen molar-refractivity contribution in [2.24, 2.45) is 0 Å². The highest BCUT2D eigenvalue weighted by molar-refractivity contribution is 9.11. The molecule has 0 saturated carbocycles. The molecule has 0 saturated heterocycles. The molecule has 86 valence electrons. The fourth-order valence-electron chi connectivity index (χ4n) is 1.77. The lowest BCUT2D eigenvalue weighted by Crippen LogP contribution is -1.99. The first-order chi connectivity index (χ1) is 8.22. The molecule has 3 aromatic rings. The first kappa shape index (κ1) is 11.3. The third-order valence-corrected chi connectivity index (χ3v) is 4.38. The Morgan fingerprint density at radius 2 is 2.18 bits per heavy atom. The van der Waals surface area contributed by atoms with E-state index in [4.69, 9.17) is 11.6 Å². The summed E-state index contributed by atoms with van der Waals surface area (Å²) in [4.78, 5) is 1.27. The van der Waals surface area contributed by atoms with Gasteiger partial charge in [-0.15, -0.1) is 11.3 Å². The summed E-state index contributed by atoms with van der Waals surface area (Å²) >= 11 is 11.1. The average molecular weight is 328 g/mol. The predicted octanol–water partition coefficient (Wildman–Crippen LogP) is 4.56. The number of hydrogen-bond donors (Lipinski definition) is 0. The van der Waals surface area contributed by atoms with Crippen molar-refractivity contribution in [1.29, 1.82) is 0 Å². The molecule has 0 aliphatic heterocycles. The fraction of sp³-hybridized carbons (Fsp3) is 0.0833. The Balaban J connectivity index is 2.00. The van der Waals surface area contributed by atoms with Gasteiger partial charge in [-0.05, 0) is 46.3 Å². The lowest BCUT2D eigenvalue weighted by Gasteiger charge is -2.01. The van der Waals surface area contributed by atoms with Gasteiger partial charge in [0.2, 0.25) is 0 Å². The lowest BCUT2D eigenvalue weighted by atomic mass is 10.2. The van der Waals surface area contributed by atoms with E-state index in [0.29, 0.717) is 0 Å². The van der Waals surface area contributed by atoms with Gasteiger partial charge >= 0.3 is 0 Å². The van der Waals surface area contributed by atoms with Crippen LogP contribution in [-0.4, -0.2) is 9.78 Å². The van der Waals surface area contributed by atoms with Gasteiger partial charge in [0.1, 0.15) is 0 Å². The quantitative estimate of drug-likeness (QED) is 0.674. The van der Waals surface area contributed by atoms with Crippen LogP contribution in [0.2, 0.25) is 5.02 Å². The van der Waals surface area contributed by atoms with E-state index in [1.807, 2.05) is 29.1 Å². The molecule has 0 atom stereocenters.